The van der Waals surface area contributed by atoms with Crippen molar-refractivity contribution in [3.05, 3.63) is 23.9 Å². The van der Waals surface area contributed by atoms with Crippen molar-refractivity contribution in [1.82, 2.24) is 14.8 Å². The highest BCUT2D eigenvalue weighted by molar-refractivity contribution is 7.98. The molecule has 0 unspecified atom stereocenters. The van der Waals surface area contributed by atoms with Crippen molar-refractivity contribution in [1.29, 1.82) is 0 Å². The molecule has 7 heteroatoms. The van der Waals surface area contributed by atoms with E-state index in [1.807, 2.05) is 10.9 Å². The minimum Gasteiger partial charge on any atom is -0.477 e. The molecule has 0 radical (unpaired) electrons. The number of carboxylic acid groups (broad SMARTS) is 1. The van der Waals surface area contributed by atoms with Gasteiger partial charge in [0.1, 0.15) is 5.70 Å². The lowest BCUT2D eigenvalue weighted by Crippen LogP contribution is -2.28. The molecule has 0 fully saturated rings. The second-order valence-electron chi connectivity index (χ2n) is 4.91. The number of rotatable bonds is 3. The van der Waals surface area contributed by atoms with Gasteiger partial charge in [-0.15, -0.1) is 5.10 Å². The second kappa shape index (κ2) is 5.32. The third-order valence-corrected chi connectivity index (χ3v) is 4.22. The minimum atomic E-state index is -0.957. The summed E-state index contributed by atoms with van der Waals surface area (Å²) in [4.78, 5) is 15.6. The average molecular weight is 292 g/mol. The summed E-state index contributed by atoms with van der Waals surface area (Å²) in [5.41, 5.74) is 0.192. The van der Waals surface area contributed by atoms with Crippen molar-refractivity contribution < 1.29 is 9.90 Å². The van der Waals surface area contributed by atoms with E-state index in [4.69, 9.17) is 0 Å². The van der Waals surface area contributed by atoms with Crippen molar-refractivity contribution in [3.8, 4) is 0 Å². The van der Waals surface area contributed by atoms with Crippen LogP contribution in [-0.4, -0.2) is 32.1 Å². The third-order valence-electron chi connectivity index (χ3n) is 3.68. The van der Waals surface area contributed by atoms with Crippen LogP contribution in [0.1, 0.15) is 25.3 Å². The van der Waals surface area contributed by atoms with E-state index in [0.29, 0.717) is 17.0 Å². The second-order valence-corrected chi connectivity index (χ2v) is 5.69. The summed E-state index contributed by atoms with van der Waals surface area (Å²) in [7, 11) is 0. The molecule has 1 aliphatic heterocycles. The summed E-state index contributed by atoms with van der Waals surface area (Å²) in [6, 6.07) is -0.0456. The maximum absolute atomic E-state index is 11.3. The van der Waals surface area contributed by atoms with E-state index in [9.17, 15) is 9.90 Å². The van der Waals surface area contributed by atoms with E-state index >= 15 is 0 Å². The lowest BCUT2D eigenvalue weighted by Gasteiger charge is -2.29. The molecule has 0 saturated carbocycles. The molecule has 1 aromatic heterocycles. The quantitative estimate of drug-likeness (QED) is 0.657. The Labute approximate surface area is 121 Å². The highest BCUT2D eigenvalue weighted by Crippen LogP contribution is 2.36. The monoisotopic (exact) mass is 292 g/mol. The van der Waals surface area contributed by atoms with E-state index in [-0.39, 0.29) is 11.7 Å². The molecule has 20 heavy (non-hydrogen) atoms. The Bertz CT molecular complexity index is 593. The van der Waals surface area contributed by atoms with Crippen LogP contribution in [0.15, 0.2) is 29.1 Å². The van der Waals surface area contributed by atoms with Gasteiger partial charge < -0.3 is 10.4 Å². The van der Waals surface area contributed by atoms with Crippen molar-refractivity contribution in [2.75, 3.05) is 11.6 Å². The summed E-state index contributed by atoms with van der Waals surface area (Å²) >= 11 is 1.45. The zero-order chi connectivity index (χ0) is 14.1. The smallest absolute Gasteiger partial charge is 0.352 e. The van der Waals surface area contributed by atoms with Gasteiger partial charge in [0.15, 0.2) is 0 Å². The van der Waals surface area contributed by atoms with Crippen LogP contribution in [0.3, 0.4) is 0 Å². The van der Waals surface area contributed by atoms with Gasteiger partial charge in [0, 0.05) is 0 Å². The van der Waals surface area contributed by atoms with Gasteiger partial charge in [0.05, 0.1) is 6.04 Å². The molecule has 0 aromatic carbocycles. The predicted molar refractivity (Wildman–Crippen MR) is 76.7 cm³/mol. The number of nitrogens with zero attached hydrogens (tertiary/aromatic N) is 3. The Morgan fingerprint density at radius 1 is 1.55 bits per heavy atom. The molecule has 2 atom stereocenters. The number of nitrogens with one attached hydrogen (secondary N) is 1. The molecule has 0 amide bonds. The number of hydrogen-bond donors (Lipinski definition) is 2. The van der Waals surface area contributed by atoms with Gasteiger partial charge in [0.2, 0.25) is 11.1 Å². The number of carboxylic acids is 1. The summed E-state index contributed by atoms with van der Waals surface area (Å²) in [6.07, 6.45) is 11.0. The number of anilines is 1. The Hall–Kier alpha value is -1.76. The predicted octanol–water partition coefficient (Wildman–Crippen LogP) is 2.29. The molecular formula is C13H16N4O2S. The van der Waals surface area contributed by atoms with Crippen molar-refractivity contribution in [2.24, 2.45) is 5.92 Å². The van der Waals surface area contributed by atoms with Gasteiger partial charge in [-0.1, -0.05) is 23.9 Å². The first-order valence-corrected chi connectivity index (χ1v) is 7.79. The number of carbonyl (C=O) groups is 1. The average Bonchev–Trinajstić information content (AvgIpc) is 2.90. The van der Waals surface area contributed by atoms with Gasteiger partial charge in [-0.2, -0.15) is 4.98 Å². The first-order valence-electron chi connectivity index (χ1n) is 6.56. The molecule has 1 aromatic rings. The van der Waals surface area contributed by atoms with Gasteiger partial charge in [-0.25, -0.2) is 9.48 Å². The first-order chi connectivity index (χ1) is 9.69. The molecular weight excluding hydrogens is 276 g/mol. The Morgan fingerprint density at radius 2 is 2.40 bits per heavy atom. The molecule has 2 N–H and O–H groups in total. The van der Waals surface area contributed by atoms with E-state index in [2.05, 4.69) is 27.6 Å². The summed E-state index contributed by atoms with van der Waals surface area (Å²) in [5.74, 6) is -0.0679. The number of thioether (sulfide) groups is 1. The maximum Gasteiger partial charge on any atom is 0.352 e. The lowest BCUT2D eigenvalue weighted by molar-refractivity contribution is -0.132. The molecule has 2 aliphatic rings. The fourth-order valence-corrected chi connectivity index (χ4v) is 3.02. The van der Waals surface area contributed by atoms with Crippen LogP contribution < -0.4 is 5.32 Å². The highest BCUT2D eigenvalue weighted by Gasteiger charge is 2.31. The Kier molecular flexibility index (Phi) is 3.52. The van der Waals surface area contributed by atoms with Crippen LogP contribution in [0, 0.1) is 5.92 Å². The maximum atomic E-state index is 11.3. The van der Waals surface area contributed by atoms with Gasteiger partial charge in [0.25, 0.3) is 0 Å². The minimum absolute atomic E-state index is 0.0456. The zero-order valence-corrected chi connectivity index (χ0v) is 11.9. The number of allylic oxidation sites excluding steroid dienone is 3. The number of fused-ring (bicyclic) bond motifs is 1. The van der Waals surface area contributed by atoms with Gasteiger partial charge in [-0.3, -0.25) is 0 Å². The molecule has 2 heterocycles. The van der Waals surface area contributed by atoms with Gasteiger partial charge in [-0.05, 0) is 37.5 Å². The summed E-state index contributed by atoms with van der Waals surface area (Å²) in [6.45, 7) is 0. The van der Waals surface area contributed by atoms with Crippen molar-refractivity contribution >= 4 is 23.7 Å². The van der Waals surface area contributed by atoms with E-state index in [1.165, 1.54) is 11.8 Å². The van der Waals surface area contributed by atoms with E-state index < -0.39 is 5.97 Å². The lowest BCUT2D eigenvalue weighted by atomic mass is 9.87. The standard InChI is InChI=1S/C13H16N4O2S/c1-20-13-15-12-14-9(11(18)19)7-10(17(12)16-13)8-5-3-2-4-6-8/h2-3,7-8,10H,4-6H2,1H3,(H,18,19)(H,14,15,16)/t8-,10-/m1/s1. The first kappa shape index (κ1) is 13.2. The fourth-order valence-electron chi connectivity index (χ4n) is 2.67. The molecule has 0 spiro atoms. The normalized spacial score (nSPS) is 24.8. The van der Waals surface area contributed by atoms with Crippen LogP contribution in [0.5, 0.6) is 0 Å². The Morgan fingerprint density at radius 3 is 3.05 bits per heavy atom. The van der Waals surface area contributed by atoms with E-state index in [1.54, 1.807) is 6.08 Å². The fraction of sp³-hybridized carbons (Fsp3) is 0.462. The van der Waals surface area contributed by atoms with Crippen molar-refractivity contribution in [3.63, 3.8) is 0 Å². The van der Waals surface area contributed by atoms with Crippen molar-refractivity contribution in [2.45, 2.75) is 30.5 Å². The van der Waals surface area contributed by atoms with Crippen LogP contribution in [0.2, 0.25) is 0 Å². The zero-order valence-electron chi connectivity index (χ0n) is 11.1. The van der Waals surface area contributed by atoms with E-state index in [0.717, 1.165) is 19.3 Å². The summed E-state index contributed by atoms with van der Waals surface area (Å²) in [5, 5.41) is 17.2. The molecule has 0 bridgehead atoms. The molecule has 0 saturated heterocycles. The summed E-state index contributed by atoms with van der Waals surface area (Å²) < 4.78 is 1.82. The van der Waals surface area contributed by atoms with Crippen LogP contribution in [-0.2, 0) is 4.79 Å². The molecule has 3 rings (SSSR count). The van der Waals surface area contributed by atoms with Crippen LogP contribution >= 0.6 is 11.8 Å². The van der Waals surface area contributed by atoms with Crippen LogP contribution in [0.25, 0.3) is 0 Å². The topological polar surface area (TPSA) is 80.0 Å². The Balaban J connectivity index is 1.99. The third kappa shape index (κ3) is 2.33. The SMILES string of the molecule is CSc1nc2n(n1)[C@@H]([C@@H]1CC=CCC1)C=C(C(=O)O)N2. The molecule has 6 nitrogen and oxygen atoms in total. The molecule has 1 aliphatic carbocycles. The number of aliphatic carboxylic acids is 1. The molecule has 106 valence electrons. The highest BCUT2D eigenvalue weighted by atomic mass is 32.2. The van der Waals surface area contributed by atoms with Gasteiger partial charge >= 0.3 is 5.97 Å². The number of hydrogen-bond acceptors (Lipinski definition) is 5. The van der Waals surface area contributed by atoms with Crippen LogP contribution in [0.4, 0.5) is 5.95 Å². The number of aromatic nitrogens is 3. The largest absolute Gasteiger partial charge is 0.477 e.